The third-order valence-corrected chi connectivity index (χ3v) is 5.38. The van der Waals surface area contributed by atoms with Gasteiger partial charge in [-0.1, -0.05) is 24.3 Å². The van der Waals surface area contributed by atoms with Gasteiger partial charge in [0.05, 0.1) is 7.11 Å². The van der Waals surface area contributed by atoms with E-state index in [2.05, 4.69) is 22.2 Å². The van der Waals surface area contributed by atoms with Crippen LogP contribution in [0.2, 0.25) is 0 Å². The monoisotopic (exact) mass is 429 g/mol. The number of ether oxygens (including phenoxy) is 3. The van der Waals surface area contributed by atoms with Gasteiger partial charge in [-0.05, 0) is 25.2 Å². The Hall–Kier alpha value is -2.32. The van der Waals surface area contributed by atoms with Crippen LogP contribution in [-0.2, 0) is 6.54 Å². The van der Waals surface area contributed by atoms with Crippen LogP contribution in [0.3, 0.4) is 0 Å². The van der Waals surface area contributed by atoms with Gasteiger partial charge in [-0.15, -0.1) is 0 Å². The van der Waals surface area contributed by atoms with Gasteiger partial charge in [-0.3, -0.25) is 4.90 Å². The first kappa shape index (κ1) is 23.3. The highest BCUT2D eigenvalue weighted by Crippen LogP contribution is 2.25. The quantitative estimate of drug-likeness (QED) is 0.499. The van der Waals surface area contributed by atoms with E-state index >= 15 is 0 Å². The van der Waals surface area contributed by atoms with Crippen molar-refractivity contribution in [3.8, 4) is 17.2 Å². The largest absolute Gasteiger partial charge is 0.497 e. The Labute approximate surface area is 185 Å². The second kappa shape index (κ2) is 12.5. The molecule has 0 aliphatic carbocycles. The van der Waals surface area contributed by atoms with Gasteiger partial charge >= 0.3 is 0 Å². The van der Waals surface area contributed by atoms with Gasteiger partial charge in [0.2, 0.25) is 0 Å². The first-order chi connectivity index (χ1) is 15.1. The van der Waals surface area contributed by atoms with Gasteiger partial charge in [0.25, 0.3) is 0 Å². The van der Waals surface area contributed by atoms with E-state index in [1.165, 1.54) is 0 Å². The van der Waals surface area contributed by atoms with Crippen molar-refractivity contribution in [2.45, 2.75) is 12.6 Å². The van der Waals surface area contributed by atoms with Gasteiger partial charge in [-0.2, -0.15) is 0 Å². The van der Waals surface area contributed by atoms with Gasteiger partial charge in [0, 0.05) is 57.4 Å². The Morgan fingerprint density at radius 3 is 2.52 bits per heavy atom. The van der Waals surface area contributed by atoms with E-state index in [0.717, 1.165) is 49.0 Å². The summed E-state index contributed by atoms with van der Waals surface area (Å²) in [6.45, 7) is 6.85. The molecule has 1 unspecified atom stereocenters. The molecule has 0 bridgehead atoms. The number of hydrogen-bond acceptors (Lipinski definition) is 7. The molecule has 0 radical (unpaired) electrons. The molecular formula is C24H35N3O4. The van der Waals surface area contributed by atoms with Crippen LogP contribution in [0, 0.1) is 0 Å². The second-order valence-electron chi connectivity index (χ2n) is 7.88. The number of aliphatic hydroxyl groups is 1. The van der Waals surface area contributed by atoms with Crippen molar-refractivity contribution >= 4 is 0 Å². The molecule has 1 atom stereocenters. The van der Waals surface area contributed by atoms with Crippen LogP contribution in [0.25, 0.3) is 0 Å². The number of aliphatic hydroxyl groups excluding tert-OH is 1. The standard InChI is InChI=1S/C24H35N3O4/c1-26-11-13-27(14-12-26)18-21(28)19-31-24-16-23(29-2)9-8-20(24)17-25-10-15-30-22-6-4-3-5-7-22/h3-9,16,21,25,28H,10-15,17-19H2,1-2H3. The fourth-order valence-electron chi connectivity index (χ4n) is 3.49. The molecule has 1 aliphatic heterocycles. The van der Waals surface area contributed by atoms with Gasteiger partial charge in [0.15, 0.2) is 0 Å². The molecule has 1 aliphatic rings. The summed E-state index contributed by atoms with van der Waals surface area (Å²) in [5.74, 6) is 2.33. The van der Waals surface area contributed by atoms with E-state index < -0.39 is 6.10 Å². The van der Waals surface area contributed by atoms with E-state index in [-0.39, 0.29) is 6.61 Å². The van der Waals surface area contributed by atoms with Crippen LogP contribution in [0.5, 0.6) is 17.2 Å². The zero-order valence-corrected chi connectivity index (χ0v) is 18.6. The number of nitrogens with one attached hydrogen (secondary N) is 1. The Bertz CT molecular complexity index is 767. The highest BCUT2D eigenvalue weighted by Gasteiger charge is 2.18. The van der Waals surface area contributed by atoms with E-state index in [9.17, 15) is 5.11 Å². The second-order valence-corrected chi connectivity index (χ2v) is 7.88. The Morgan fingerprint density at radius 1 is 1.00 bits per heavy atom. The lowest BCUT2D eigenvalue weighted by Gasteiger charge is -2.33. The van der Waals surface area contributed by atoms with Crippen LogP contribution < -0.4 is 19.5 Å². The topological polar surface area (TPSA) is 66.4 Å². The number of hydrogen-bond donors (Lipinski definition) is 2. The molecule has 2 aromatic rings. The van der Waals surface area contributed by atoms with Crippen LogP contribution >= 0.6 is 0 Å². The first-order valence-electron chi connectivity index (χ1n) is 10.9. The van der Waals surface area contributed by atoms with Gasteiger partial charge in [0.1, 0.15) is 36.6 Å². The lowest BCUT2D eigenvalue weighted by molar-refractivity contribution is 0.0501. The summed E-state index contributed by atoms with van der Waals surface area (Å²) >= 11 is 0. The van der Waals surface area contributed by atoms with Gasteiger partial charge < -0.3 is 29.5 Å². The summed E-state index contributed by atoms with van der Waals surface area (Å²) in [5.41, 5.74) is 1.02. The normalized spacial score (nSPS) is 16.1. The molecule has 0 amide bonds. The van der Waals surface area contributed by atoms with Crippen molar-refractivity contribution in [2.24, 2.45) is 0 Å². The van der Waals surface area contributed by atoms with Crippen molar-refractivity contribution in [1.82, 2.24) is 15.1 Å². The average Bonchev–Trinajstić information content (AvgIpc) is 2.80. The number of likely N-dealkylation sites (N-methyl/N-ethyl adjacent to an activating group) is 1. The minimum absolute atomic E-state index is 0.254. The summed E-state index contributed by atoms with van der Waals surface area (Å²) in [7, 11) is 3.77. The molecule has 2 N–H and O–H groups in total. The molecule has 1 heterocycles. The van der Waals surface area contributed by atoms with E-state index in [0.29, 0.717) is 26.2 Å². The highest BCUT2D eigenvalue weighted by atomic mass is 16.5. The summed E-state index contributed by atoms with van der Waals surface area (Å²) in [6, 6.07) is 15.6. The third kappa shape index (κ3) is 8.03. The molecule has 0 aromatic heterocycles. The lowest BCUT2D eigenvalue weighted by atomic mass is 10.2. The van der Waals surface area contributed by atoms with Crippen molar-refractivity contribution in [3.05, 3.63) is 54.1 Å². The predicted octanol–water partition coefficient (Wildman–Crippen LogP) is 1.85. The summed E-state index contributed by atoms with van der Waals surface area (Å²) in [4.78, 5) is 4.59. The average molecular weight is 430 g/mol. The summed E-state index contributed by atoms with van der Waals surface area (Å²) in [5, 5.41) is 13.8. The molecule has 2 aromatic carbocycles. The van der Waals surface area contributed by atoms with Crippen molar-refractivity contribution < 1.29 is 19.3 Å². The molecule has 7 heteroatoms. The van der Waals surface area contributed by atoms with E-state index in [1.54, 1.807) is 7.11 Å². The van der Waals surface area contributed by atoms with Crippen LogP contribution in [0.1, 0.15) is 5.56 Å². The van der Waals surface area contributed by atoms with Crippen molar-refractivity contribution in [1.29, 1.82) is 0 Å². The summed E-state index contributed by atoms with van der Waals surface area (Å²) < 4.78 is 17.1. The SMILES string of the molecule is COc1ccc(CNCCOc2ccccc2)c(OCC(O)CN2CCN(C)CC2)c1. The minimum Gasteiger partial charge on any atom is -0.497 e. The van der Waals surface area contributed by atoms with E-state index in [4.69, 9.17) is 14.2 Å². The Balaban J connectivity index is 1.45. The number of para-hydroxylation sites is 1. The zero-order chi connectivity index (χ0) is 21.9. The van der Waals surface area contributed by atoms with E-state index in [1.807, 2.05) is 48.5 Å². The third-order valence-electron chi connectivity index (χ3n) is 5.38. The smallest absolute Gasteiger partial charge is 0.127 e. The minimum atomic E-state index is -0.533. The van der Waals surface area contributed by atoms with Crippen LogP contribution in [0.15, 0.2) is 48.5 Å². The maximum atomic E-state index is 10.5. The number of nitrogens with zero attached hydrogens (tertiary/aromatic N) is 2. The molecule has 3 rings (SSSR count). The molecule has 170 valence electrons. The number of β-amino-alcohol motifs (C(OH)–C–C–N with tert-alkyl or cyclic N) is 1. The molecule has 1 fully saturated rings. The maximum Gasteiger partial charge on any atom is 0.127 e. The number of piperazine rings is 1. The molecule has 31 heavy (non-hydrogen) atoms. The number of methoxy groups -OCH3 is 1. The zero-order valence-electron chi connectivity index (χ0n) is 18.6. The maximum absolute atomic E-state index is 10.5. The fraction of sp³-hybridized carbons (Fsp3) is 0.500. The van der Waals surface area contributed by atoms with Crippen molar-refractivity contribution in [3.63, 3.8) is 0 Å². The van der Waals surface area contributed by atoms with Gasteiger partial charge in [-0.25, -0.2) is 0 Å². The molecule has 1 saturated heterocycles. The Kier molecular flexibility index (Phi) is 9.42. The lowest BCUT2D eigenvalue weighted by Crippen LogP contribution is -2.47. The molecule has 0 spiro atoms. The van der Waals surface area contributed by atoms with Crippen LogP contribution in [-0.4, -0.2) is 87.7 Å². The summed E-state index contributed by atoms with van der Waals surface area (Å²) in [6.07, 6.45) is -0.533. The number of rotatable bonds is 12. The Morgan fingerprint density at radius 2 is 1.77 bits per heavy atom. The highest BCUT2D eigenvalue weighted by molar-refractivity contribution is 5.40. The molecular weight excluding hydrogens is 394 g/mol. The number of benzene rings is 2. The predicted molar refractivity (Wildman–Crippen MR) is 122 cm³/mol. The molecule has 7 nitrogen and oxygen atoms in total. The fourth-order valence-corrected chi connectivity index (χ4v) is 3.49. The first-order valence-corrected chi connectivity index (χ1v) is 10.9. The molecule has 0 saturated carbocycles. The van der Waals surface area contributed by atoms with Crippen LogP contribution in [0.4, 0.5) is 0 Å². The van der Waals surface area contributed by atoms with Crippen molar-refractivity contribution in [2.75, 3.05) is 66.6 Å².